The average Bonchev–Trinajstić information content (AvgIpc) is 3.05. The van der Waals surface area contributed by atoms with Gasteiger partial charge in [0.1, 0.15) is 0 Å². The summed E-state index contributed by atoms with van der Waals surface area (Å²) in [5.41, 5.74) is 1.18. The number of carbonyl (C=O) groups is 1. The van der Waals surface area contributed by atoms with E-state index in [-0.39, 0.29) is 11.9 Å². The minimum Gasteiger partial charge on any atom is -0.393 e. The number of carbonyl (C=O) groups excluding carboxylic acids is 1. The predicted octanol–water partition coefficient (Wildman–Crippen LogP) is 2.03. The topological polar surface area (TPSA) is 71.2 Å². The second-order valence-electron chi connectivity index (χ2n) is 6.09. The van der Waals surface area contributed by atoms with Crippen molar-refractivity contribution < 1.29 is 9.90 Å². The molecule has 0 aliphatic carbocycles. The van der Waals surface area contributed by atoms with Crippen LogP contribution in [0.4, 0.5) is 0 Å². The Labute approximate surface area is 135 Å². The molecule has 1 N–H and O–H groups in total. The highest BCUT2D eigenvalue weighted by Gasteiger charge is 2.29. The molecule has 2 atom stereocenters. The number of rotatable bonds is 4. The zero-order valence-corrected chi connectivity index (χ0v) is 13.3. The summed E-state index contributed by atoms with van der Waals surface area (Å²) in [6.07, 6.45) is 4.74. The van der Waals surface area contributed by atoms with Gasteiger partial charge in [0, 0.05) is 12.6 Å². The van der Waals surface area contributed by atoms with Crippen molar-refractivity contribution in [2.45, 2.75) is 44.8 Å². The van der Waals surface area contributed by atoms with Gasteiger partial charge in [-0.2, -0.15) is 9.90 Å². The highest BCUT2D eigenvalue weighted by molar-refractivity contribution is 5.92. The molecule has 2 heterocycles. The lowest BCUT2D eigenvalue weighted by molar-refractivity contribution is 0.0509. The van der Waals surface area contributed by atoms with Gasteiger partial charge in [0.25, 0.3) is 5.91 Å². The maximum Gasteiger partial charge on any atom is 0.276 e. The van der Waals surface area contributed by atoms with Gasteiger partial charge in [-0.3, -0.25) is 4.79 Å². The van der Waals surface area contributed by atoms with Crippen molar-refractivity contribution in [1.82, 2.24) is 19.9 Å². The zero-order chi connectivity index (χ0) is 16.2. The van der Waals surface area contributed by atoms with Crippen molar-refractivity contribution >= 4 is 5.91 Å². The number of hydrogen-bond donors (Lipinski definition) is 1. The zero-order valence-electron chi connectivity index (χ0n) is 13.3. The molecule has 122 valence electrons. The summed E-state index contributed by atoms with van der Waals surface area (Å²) >= 11 is 0. The Kier molecular flexibility index (Phi) is 4.71. The largest absolute Gasteiger partial charge is 0.393 e. The van der Waals surface area contributed by atoms with Gasteiger partial charge in [-0.1, -0.05) is 18.2 Å². The van der Waals surface area contributed by atoms with Crippen LogP contribution < -0.4 is 0 Å². The lowest BCUT2D eigenvalue weighted by atomic mass is 9.97. The van der Waals surface area contributed by atoms with Gasteiger partial charge in [0.05, 0.1) is 18.0 Å². The van der Waals surface area contributed by atoms with Crippen molar-refractivity contribution in [3.05, 3.63) is 42.2 Å². The van der Waals surface area contributed by atoms with Crippen LogP contribution in [0.15, 0.2) is 36.5 Å². The Morgan fingerprint density at radius 3 is 2.87 bits per heavy atom. The minimum atomic E-state index is -0.409. The molecule has 23 heavy (non-hydrogen) atoms. The summed E-state index contributed by atoms with van der Waals surface area (Å²) in [5.74, 6) is -0.0995. The first-order valence-corrected chi connectivity index (χ1v) is 8.12. The van der Waals surface area contributed by atoms with Crippen LogP contribution >= 0.6 is 0 Å². The molecule has 1 aromatic heterocycles. The van der Waals surface area contributed by atoms with Gasteiger partial charge >= 0.3 is 0 Å². The summed E-state index contributed by atoms with van der Waals surface area (Å²) in [6, 6.07) is 9.61. The van der Waals surface area contributed by atoms with Crippen LogP contribution in [0.1, 0.15) is 43.1 Å². The van der Waals surface area contributed by atoms with E-state index >= 15 is 0 Å². The summed E-state index contributed by atoms with van der Waals surface area (Å²) in [7, 11) is 0. The van der Waals surface area contributed by atoms with Crippen molar-refractivity contribution in [3.8, 4) is 5.69 Å². The molecule has 3 rings (SSSR count). The Bertz CT molecular complexity index is 654. The third kappa shape index (κ3) is 3.59. The molecule has 1 aliphatic rings. The Hall–Kier alpha value is -2.21. The molecule has 1 fully saturated rings. The van der Waals surface area contributed by atoms with Crippen molar-refractivity contribution in [1.29, 1.82) is 0 Å². The average molecular weight is 314 g/mol. The van der Waals surface area contributed by atoms with E-state index in [9.17, 15) is 9.90 Å². The van der Waals surface area contributed by atoms with Gasteiger partial charge < -0.3 is 10.0 Å². The molecule has 2 aromatic rings. The number of nitrogens with zero attached hydrogens (tertiary/aromatic N) is 4. The predicted molar refractivity (Wildman–Crippen MR) is 86.3 cm³/mol. The number of amides is 1. The maximum atomic E-state index is 12.8. The second kappa shape index (κ2) is 6.91. The standard InChI is InChI=1S/C17H22N4O2/c1-13(22)11-15-9-5-6-10-20(15)17(23)16-12-18-21(19-16)14-7-3-2-4-8-14/h2-4,7-8,12-13,15,22H,5-6,9-11H2,1H3/t13-,15-/m0/s1. The molecule has 6 heteroatoms. The fourth-order valence-corrected chi connectivity index (χ4v) is 3.10. The molecule has 1 saturated heterocycles. The first-order chi connectivity index (χ1) is 11.1. The molecular weight excluding hydrogens is 292 g/mol. The van der Waals surface area contributed by atoms with E-state index in [1.54, 1.807) is 6.92 Å². The van der Waals surface area contributed by atoms with E-state index in [4.69, 9.17) is 0 Å². The molecule has 1 aliphatic heterocycles. The van der Waals surface area contributed by atoms with E-state index in [2.05, 4.69) is 10.2 Å². The third-order valence-corrected chi connectivity index (χ3v) is 4.20. The van der Waals surface area contributed by atoms with Gasteiger partial charge in [0.15, 0.2) is 5.69 Å². The van der Waals surface area contributed by atoms with Crippen molar-refractivity contribution in [2.24, 2.45) is 0 Å². The maximum absolute atomic E-state index is 12.8. The molecule has 0 saturated carbocycles. The molecule has 0 spiro atoms. The number of para-hydroxylation sites is 1. The van der Waals surface area contributed by atoms with Gasteiger partial charge in [0.2, 0.25) is 0 Å². The number of hydrogen-bond acceptors (Lipinski definition) is 4. The molecular formula is C17H22N4O2. The first kappa shape index (κ1) is 15.7. The van der Waals surface area contributed by atoms with E-state index < -0.39 is 6.10 Å². The monoisotopic (exact) mass is 314 g/mol. The van der Waals surface area contributed by atoms with Gasteiger partial charge in [-0.25, -0.2) is 0 Å². The highest BCUT2D eigenvalue weighted by atomic mass is 16.3. The van der Waals surface area contributed by atoms with E-state index in [1.807, 2.05) is 35.2 Å². The molecule has 6 nitrogen and oxygen atoms in total. The van der Waals surface area contributed by atoms with Crippen LogP contribution in [-0.2, 0) is 0 Å². The Balaban J connectivity index is 1.78. The van der Waals surface area contributed by atoms with Crippen LogP contribution in [0.5, 0.6) is 0 Å². The summed E-state index contributed by atoms with van der Waals surface area (Å²) < 4.78 is 0. The van der Waals surface area contributed by atoms with E-state index in [1.165, 1.54) is 11.0 Å². The Morgan fingerprint density at radius 1 is 1.35 bits per heavy atom. The fraction of sp³-hybridized carbons (Fsp3) is 0.471. The minimum absolute atomic E-state index is 0.0816. The second-order valence-corrected chi connectivity index (χ2v) is 6.09. The number of piperidine rings is 1. The lowest BCUT2D eigenvalue weighted by Gasteiger charge is -2.36. The Morgan fingerprint density at radius 2 is 2.13 bits per heavy atom. The third-order valence-electron chi connectivity index (χ3n) is 4.20. The summed E-state index contributed by atoms with van der Waals surface area (Å²) in [5, 5.41) is 18.2. The SMILES string of the molecule is C[C@H](O)C[C@@H]1CCCCN1C(=O)c1cnn(-c2ccccc2)n1. The first-order valence-electron chi connectivity index (χ1n) is 8.12. The molecule has 1 amide bonds. The van der Waals surface area contributed by atoms with Crippen molar-refractivity contribution in [3.63, 3.8) is 0 Å². The lowest BCUT2D eigenvalue weighted by Crippen LogP contribution is -2.45. The quantitative estimate of drug-likeness (QED) is 0.937. The van der Waals surface area contributed by atoms with Gasteiger partial charge in [-0.05, 0) is 44.7 Å². The van der Waals surface area contributed by atoms with Crippen LogP contribution in [0.2, 0.25) is 0 Å². The number of aliphatic hydroxyl groups is 1. The van der Waals surface area contributed by atoms with Crippen LogP contribution in [0.3, 0.4) is 0 Å². The van der Waals surface area contributed by atoms with Crippen LogP contribution in [0.25, 0.3) is 5.69 Å². The smallest absolute Gasteiger partial charge is 0.276 e. The van der Waals surface area contributed by atoms with Crippen LogP contribution in [0, 0.1) is 0 Å². The number of aliphatic hydroxyl groups excluding tert-OH is 1. The summed E-state index contributed by atoms with van der Waals surface area (Å²) in [6.45, 7) is 2.48. The molecule has 1 aromatic carbocycles. The van der Waals surface area contributed by atoms with E-state index in [0.717, 1.165) is 24.9 Å². The van der Waals surface area contributed by atoms with Gasteiger partial charge in [-0.15, -0.1) is 5.10 Å². The highest BCUT2D eigenvalue weighted by Crippen LogP contribution is 2.22. The number of aromatic nitrogens is 3. The number of benzene rings is 1. The molecule has 0 bridgehead atoms. The molecule has 0 radical (unpaired) electrons. The molecule has 0 unspecified atom stereocenters. The van der Waals surface area contributed by atoms with E-state index in [0.29, 0.717) is 18.7 Å². The summed E-state index contributed by atoms with van der Waals surface area (Å²) in [4.78, 5) is 16.1. The van der Waals surface area contributed by atoms with Crippen LogP contribution in [-0.4, -0.2) is 49.6 Å². The fourth-order valence-electron chi connectivity index (χ4n) is 3.10. The normalized spacial score (nSPS) is 19.6. The van der Waals surface area contributed by atoms with Crippen molar-refractivity contribution in [2.75, 3.05) is 6.54 Å². The number of likely N-dealkylation sites (tertiary alicyclic amines) is 1.